The summed E-state index contributed by atoms with van der Waals surface area (Å²) < 4.78 is 181. The standard InChI is InChI=1S/4C5H17NO12P4.C2H8N2/c4*1-2-3-6(4(19(7,8)9)20(10,11)12)5(21(13,14)15)22(16,17)18;3-1-2-4/h4*4-5H,2-3H2,1H3,(H2,7,8,9)(H2,10,11,12)(H2,13,14,15)(H2,16,17,18);1-4H2. The van der Waals surface area contributed by atoms with Gasteiger partial charge in [0.05, 0.1) is 0 Å². The van der Waals surface area contributed by atoms with Gasteiger partial charge < -0.3 is 168 Å². The van der Waals surface area contributed by atoms with E-state index in [0.717, 1.165) is 0 Å². The molecule has 0 heterocycles. The predicted molar refractivity (Wildman–Crippen MR) is 309 cm³/mol. The van der Waals surface area contributed by atoms with Gasteiger partial charge in [0.25, 0.3) is 0 Å². The van der Waals surface area contributed by atoms with Crippen molar-refractivity contribution in [2.24, 2.45) is 11.5 Å². The molecule has 0 atom stereocenters. The largest absolute Gasteiger partial charge is 0.355 e. The molecule has 0 radical (unpaired) electrons. The van der Waals surface area contributed by atoms with Crippen LogP contribution >= 0.6 is 122 Å². The lowest BCUT2D eigenvalue weighted by Crippen LogP contribution is -2.43. The summed E-state index contributed by atoms with van der Waals surface area (Å²) >= 11 is 0. The Morgan fingerprint density at radius 1 is 0.196 bits per heavy atom. The zero-order chi connectivity index (χ0) is 76.0. The average Bonchev–Trinajstić information content (AvgIpc) is 0.790. The summed E-state index contributed by atoms with van der Waals surface area (Å²) in [5, 5.41) is 0. The Bertz CT molecular complexity index is 2350. The summed E-state index contributed by atoms with van der Waals surface area (Å²) in [7, 11) is -91.2. The van der Waals surface area contributed by atoms with E-state index < -0.39 is 192 Å². The maximum Gasteiger partial charge on any atom is 0.355 e. The summed E-state index contributed by atoms with van der Waals surface area (Å²) in [6, 6.07) is 0. The minimum Gasteiger partial charge on any atom is -0.329 e. The minimum atomic E-state index is -5.70. The second kappa shape index (κ2) is 38.1. The highest BCUT2D eigenvalue weighted by Crippen LogP contribution is 2.73. The van der Waals surface area contributed by atoms with Crippen LogP contribution in [0.4, 0.5) is 0 Å². The van der Waals surface area contributed by atoms with Gasteiger partial charge in [0.2, 0.25) is 44.2 Å². The van der Waals surface area contributed by atoms with Crippen molar-refractivity contribution in [1.82, 2.24) is 19.6 Å². The minimum absolute atomic E-state index is 0.160. The first-order valence-corrected chi connectivity index (χ1v) is 49.8. The van der Waals surface area contributed by atoms with Gasteiger partial charge in [-0.15, -0.1) is 0 Å². The number of hydrogen-bond acceptors (Lipinski definition) is 22. The molecule has 0 bridgehead atoms. The maximum absolute atomic E-state index is 11.3. The lowest BCUT2D eigenvalue weighted by atomic mass is 10.5. The molecule has 562 valence electrons. The monoisotopic (exact) mass is 1690 g/mol. The molecule has 54 nitrogen and oxygen atoms in total. The normalized spacial score (nSPS) is 14.8. The summed E-state index contributed by atoms with van der Waals surface area (Å²) in [4.78, 5) is 289. The first kappa shape index (κ1) is 103. The Morgan fingerprint density at radius 2 is 0.261 bits per heavy atom. The lowest BCUT2D eigenvalue weighted by Gasteiger charge is -2.37. The van der Waals surface area contributed by atoms with Crippen LogP contribution in [0.15, 0.2) is 0 Å². The molecule has 0 saturated carbocycles. The molecule has 0 fully saturated rings. The molecule has 0 aliphatic carbocycles. The maximum atomic E-state index is 11.3. The van der Waals surface area contributed by atoms with Gasteiger partial charge in [-0.3, -0.25) is 92.6 Å². The van der Waals surface area contributed by atoms with Crippen LogP contribution in [0.5, 0.6) is 0 Å². The highest BCUT2D eigenvalue weighted by molar-refractivity contribution is 7.75. The Kier molecular flexibility index (Phi) is 42.5. The predicted octanol–water partition coefficient (Wildman–Crippen LogP) is -5.19. The van der Waals surface area contributed by atoms with Crippen molar-refractivity contribution in [3.63, 3.8) is 0 Å². The Balaban J connectivity index is -0.000000358. The van der Waals surface area contributed by atoms with Gasteiger partial charge in [-0.25, -0.2) is 0 Å². The van der Waals surface area contributed by atoms with E-state index in [-0.39, 0.29) is 45.3 Å². The highest BCUT2D eigenvalue weighted by Gasteiger charge is 2.62. The molecule has 0 aromatic carbocycles. The van der Waals surface area contributed by atoms with E-state index in [1.807, 2.05) is 0 Å². The van der Waals surface area contributed by atoms with Crippen LogP contribution in [0, 0.1) is 0 Å². The van der Waals surface area contributed by atoms with Crippen molar-refractivity contribution in [2.75, 3.05) is 39.3 Å². The van der Waals surface area contributed by atoms with Crippen LogP contribution in [0.1, 0.15) is 53.4 Å². The molecule has 0 spiro atoms. The van der Waals surface area contributed by atoms with E-state index in [9.17, 15) is 73.0 Å². The molecule has 0 saturated heterocycles. The molecular weight excluding hydrogens is 1610 g/mol. The molecule has 0 aliphatic heterocycles. The van der Waals surface area contributed by atoms with Gasteiger partial charge in [-0.1, -0.05) is 27.7 Å². The first-order chi connectivity index (χ1) is 39.7. The Morgan fingerprint density at radius 3 is 0.293 bits per heavy atom. The molecule has 0 aromatic heterocycles. The van der Waals surface area contributed by atoms with Crippen molar-refractivity contribution in [2.45, 2.75) is 97.6 Å². The van der Waals surface area contributed by atoms with Crippen LogP contribution in [-0.2, 0) is 73.0 Å². The zero-order valence-electron chi connectivity index (χ0n) is 46.6. The Hall–Kier alpha value is 2.16. The summed E-state index contributed by atoms with van der Waals surface area (Å²) in [5.74, 6) is 0. The molecule has 0 rings (SSSR count). The first-order valence-electron chi connectivity index (χ1n) is 22.9. The second-order valence-electron chi connectivity index (χ2n) is 17.7. The molecular formula is C22H76N6O48P16. The zero-order valence-corrected chi connectivity index (χ0v) is 60.9. The van der Waals surface area contributed by atoms with Crippen molar-refractivity contribution >= 4 is 122 Å². The van der Waals surface area contributed by atoms with Crippen LogP contribution in [0.25, 0.3) is 0 Å². The highest BCUT2D eigenvalue weighted by atomic mass is 31.3. The molecule has 0 unspecified atom stereocenters. The molecule has 92 heavy (non-hydrogen) atoms. The van der Waals surface area contributed by atoms with E-state index in [0.29, 0.717) is 13.1 Å². The van der Waals surface area contributed by atoms with Crippen molar-refractivity contribution in [1.29, 1.82) is 0 Å². The van der Waals surface area contributed by atoms with E-state index in [2.05, 4.69) is 0 Å². The average molecular weight is 1690 g/mol. The van der Waals surface area contributed by atoms with Gasteiger partial charge in [-0.2, -0.15) is 0 Å². The van der Waals surface area contributed by atoms with Crippen molar-refractivity contribution < 1.29 is 230 Å². The molecule has 0 aromatic rings. The second-order valence-corrected chi connectivity index (χ2v) is 47.7. The number of hydrogen-bond donors (Lipinski definition) is 34. The van der Waals surface area contributed by atoms with Crippen LogP contribution in [0.3, 0.4) is 0 Å². The fourth-order valence-corrected chi connectivity index (χ4v) is 31.5. The third-order valence-corrected chi connectivity index (χ3v) is 38.1. The SMILES string of the molecule is CCCN(C(P(=O)(O)O)P(=O)(O)O)C(P(=O)(O)O)P(=O)(O)O.CCCN(C(P(=O)(O)O)P(=O)(O)O)C(P(=O)(O)O)P(=O)(O)O.CCCN(C(P(=O)(O)O)P(=O)(O)O)C(P(=O)(O)O)P(=O)(O)O.CCCN(C(P(=O)(O)O)P(=O)(O)O)C(P(=O)(O)O)P(=O)(O)O.NCCN. The number of nitrogens with zero attached hydrogens (tertiary/aromatic N) is 4. The topological polar surface area (TPSA) is 985 Å². The van der Waals surface area contributed by atoms with E-state index in [1.54, 1.807) is 0 Å². The van der Waals surface area contributed by atoms with Gasteiger partial charge in [0.1, 0.15) is 0 Å². The lowest BCUT2D eigenvalue weighted by molar-refractivity contribution is 0.197. The third-order valence-electron chi connectivity index (χ3n) is 9.28. The van der Waals surface area contributed by atoms with Crippen LogP contribution < -0.4 is 11.5 Å². The van der Waals surface area contributed by atoms with Crippen molar-refractivity contribution in [3.8, 4) is 0 Å². The van der Waals surface area contributed by atoms with Gasteiger partial charge >= 0.3 is 122 Å². The number of rotatable bonds is 33. The van der Waals surface area contributed by atoms with Crippen LogP contribution in [0.2, 0.25) is 0 Å². The van der Waals surface area contributed by atoms with Gasteiger partial charge in [0.15, 0.2) is 0 Å². The summed E-state index contributed by atoms with van der Waals surface area (Å²) in [6.45, 7) is 3.26. The van der Waals surface area contributed by atoms with Gasteiger partial charge in [-0.05, 0) is 25.7 Å². The van der Waals surface area contributed by atoms with E-state index in [4.69, 9.17) is 168 Å². The van der Waals surface area contributed by atoms with Crippen LogP contribution in [-0.4, -0.2) is 260 Å². The number of nitrogens with two attached hydrogens (primary N) is 2. The third kappa shape index (κ3) is 37.4. The fraction of sp³-hybridized carbons (Fsp3) is 1.00. The Labute approximate surface area is 517 Å². The van der Waals surface area contributed by atoms with Gasteiger partial charge in [0, 0.05) is 39.3 Å². The summed E-state index contributed by atoms with van der Waals surface area (Å²) in [5.41, 5.74) is -14.9. The van der Waals surface area contributed by atoms with Crippen molar-refractivity contribution in [3.05, 3.63) is 0 Å². The smallest absolute Gasteiger partial charge is 0.329 e. The van der Waals surface area contributed by atoms with E-state index >= 15 is 0 Å². The molecule has 0 amide bonds. The molecule has 70 heteroatoms. The fourth-order valence-electron chi connectivity index (χ4n) is 7.09. The quantitative estimate of drug-likeness (QED) is 0.0273. The van der Waals surface area contributed by atoms with E-state index in [1.165, 1.54) is 27.7 Å². The molecule has 0 aliphatic rings. The summed E-state index contributed by atoms with van der Waals surface area (Å²) in [6.07, 6.45) is -0.639. The molecule has 36 N–H and O–H groups in total.